The molecule has 43 heavy (non-hydrogen) atoms. The summed E-state index contributed by atoms with van der Waals surface area (Å²) < 4.78 is 14.2. The fraction of sp³-hybridized carbons (Fsp3) is 0.194. The monoisotopic (exact) mass is 729 g/mol. The van der Waals surface area contributed by atoms with Crippen molar-refractivity contribution in [3.05, 3.63) is 133 Å². The van der Waals surface area contributed by atoms with E-state index in [-0.39, 0.29) is 24.5 Å². The van der Waals surface area contributed by atoms with E-state index in [2.05, 4.69) is 27.6 Å². The van der Waals surface area contributed by atoms with Gasteiger partial charge in [-0.1, -0.05) is 52.8 Å². The van der Waals surface area contributed by atoms with Gasteiger partial charge in [0.05, 0.1) is 36.9 Å². The van der Waals surface area contributed by atoms with Gasteiger partial charge in [-0.2, -0.15) is 0 Å². The Morgan fingerprint density at radius 3 is 2.51 bits per heavy atom. The largest absolute Gasteiger partial charge is 0.487 e. The molecule has 0 fully saturated rings. The second-order valence-corrected chi connectivity index (χ2v) is 12.3. The first-order valence-corrected chi connectivity index (χ1v) is 15.5. The highest BCUT2D eigenvalue weighted by molar-refractivity contribution is 14.1. The minimum absolute atomic E-state index is 0.00817. The Labute approximate surface area is 269 Å². The molecule has 0 amide bonds. The number of halogens is 2. The van der Waals surface area contributed by atoms with Gasteiger partial charge < -0.3 is 9.47 Å². The van der Waals surface area contributed by atoms with Crippen LogP contribution < -0.4 is 19.6 Å². The van der Waals surface area contributed by atoms with E-state index in [4.69, 9.17) is 21.1 Å². The van der Waals surface area contributed by atoms with Crippen LogP contribution in [0.25, 0.3) is 6.08 Å². The third-order valence-corrected chi connectivity index (χ3v) is 8.77. The van der Waals surface area contributed by atoms with E-state index in [0.717, 1.165) is 20.3 Å². The van der Waals surface area contributed by atoms with Gasteiger partial charge in [-0.25, -0.2) is 9.79 Å². The number of esters is 1. The number of carbonyl (C=O) groups excluding carboxylic acids is 1. The Kier molecular flexibility index (Phi) is 9.13. The van der Waals surface area contributed by atoms with Crippen LogP contribution in [-0.2, 0) is 16.1 Å². The number of fused-ring (bicyclic) bond motifs is 1. The van der Waals surface area contributed by atoms with E-state index >= 15 is 0 Å². The third kappa shape index (κ3) is 6.43. The van der Waals surface area contributed by atoms with Crippen LogP contribution in [0.15, 0.2) is 81.7 Å². The number of nitrogens with zero attached hydrogens (tertiary/aromatic N) is 3. The summed E-state index contributed by atoms with van der Waals surface area (Å²) >= 11 is 9.73. The predicted molar refractivity (Wildman–Crippen MR) is 173 cm³/mol. The molecule has 3 aromatic carbocycles. The number of non-ortho nitro benzene ring substituents is 1. The van der Waals surface area contributed by atoms with Crippen molar-refractivity contribution in [2.45, 2.75) is 33.4 Å². The predicted octanol–water partition coefficient (Wildman–Crippen LogP) is 5.85. The zero-order chi connectivity index (χ0) is 30.8. The summed E-state index contributed by atoms with van der Waals surface area (Å²) in [5, 5.41) is 11.5. The Hall–Kier alpha value is -3.81. The highest BCUT2D eigenvalue weighted by Crippen LogP contribution is 2.33. The summed E-state index contributed by atoms with van der Waals surface area (Å²) in [5.41, 5.74) is 3.60. The van der Waals surface area contributed by atoms with E-state index in [9.17, 15) is 19.7 Å². The van der Waals surface area contributed by atoms with Gasteiger partial charge in [0.15, 0.2) is 4.80 Å². The molecule has 1 aliphatic rings. The van der Waals surface area contributed by atoms with Gasteiger partial charge in [-0.05, 0) is 84.8 Å². The van der Waals surface area contributed by atoms with Crippen LogP contribution >= 0.6 is 45.5 Å². The van der Waals surface area contributed by atoms with Crippen LogP contribution in [0.5, 0.6) is 5.75 Å². The Morgan fingerprint density at radius 2 is 1.86 bits per heavy atom. The van der Waals surface area contributed by atoms with Crippen molar-refractivity contribution in [2.24, 2.45) is 4.99 Å². The highest BCUT2D eigenvalue weighted by atomic mass is 127. The number of allylic oxidation sites excluding steroid dienone is 1. The number of hydrogen-bond donors (Lipinski definition) is 0. The molecule has 1 aromatic heterocycles. The maximum absolute atomic E-state index is 14.0. The van der Waals surface area contributed by atoms with Crippen LogP contribution in [0.4, 0.5) is 5.69 Å². The summed E-state index contributed by atoms with van der Waals surface area (Å²) in [7, 11) is 0. The molecular weight excluding hydrogens is 705 g/mol. The number of aromatic nitrogens is 1. The van der Waals surface area contributed by atoms with Gasteiger partial charge in [-0.15, -0.1) is 0 Å². The molecule has 2 heterocycles. The molecule has 5 rings (SSSR count). The van der Waals surface area contributed by atoms with Gasteiger partial charge in [0.2, 0.25) is 0 Å². The molecule has 0 aliphatic carbocycles. The molecule has 0 N–H and O–H groups in total. The first kappa shape index (κ1) is 30.6. The summed E-state index contributed by atoms with van der Waals surface area (Å²) in [6.07, 6.45) is 1.71. The zero-order valence-electron chi connectivity index (χ0n) is 23.3. The summed E-state index contributed by atoms with van der Waals surface area (Å²) in [4.78, 5) is 42.8. The van der Waals surface area contributed by atoms with Crippen molar-refractivity contribution < 1.29 is 19.2 Å². The molecule has 12 heteroatoms. The van der Waals surface area contributed by atoms with Crippen molar-refractivity contribution in [3.8, 4) is 5.75 Å². The van der Waals surface area contributed by atoms with Crippen molar-refractivity contribution in [1.29, 1.82) is 0 Å². The number of aryl methyl sites for hydroxylation is 1. The molecule has 0 bridgehead atoms. The number of nitro benzene ring substituents is 1. The number of carbonyl (C=O) groups is 1. The lowest BCUT2D eigenvalue weighted by Gasteiger charge is -2.24. The quantitative estimate of drug-likeness (QED) is 0.0974. The standard InChI is InChI=1S/C31H25ClIN3O6S/c1-4-41-30(38)26-18(3)34-31-35(27(26)20-9-5-17(2)6-10-20)29(37)25(43-31)14-21-13-22(32)15-24(33)28(21)42-16-19-7-11-23(12-8-19)36(39)40/h5-15,27H,4,16H2,1-3H3/b25-14-/t27-/m0/s1. The number of nitro groups is 1. The third-order valence-electron chi connectivity index (χ3n) is 6.76. The smallest absolute Gasteiger partial charge is 0.338 e. The lowest BCUT2D eigenvalue weighted by molar-refractivity contribution is -0.384. The fourth-order valence-corrected chi connectivity index (χ4v) is 6.96. The summed E-state index contributed by atoms with van der Waals surface area (Å²) in [6, 6.07) is 16.5. The SMILES string of the molecule is CCOC(=O)C1=C(C)N=c2s/c(=C\c3cc(Cl)cc(I)c3OCc3ccc([N+](=O)[O-])cc3)c(=O)n2[C@H]1c1ccc(C)cc1. The van der Waals surface area contributed by atoms with Gasteiger partial charge in [0.25, 0.3) is 11.2 Å². The van der Waals surface area contributed by atoms with Crippen molar-refractivity contribution in [3.63, 3.8) is 0 Å². The van der Waals surface area contributed by atoms with Gasteiger partial charge in [0.1, 0.15) is 12.4 Å². The molecule has 0 unspecified atom stereocenters. The Morgan fingerprint density at radius 1 is 1.16 bits per heavy atom. The summed E-state index contributed by atoms with van der Waals surface area (Å²) in [5.74, 6) is -0.0115. The highest BCUT2D eigenvalue weighted by Gasteiger charge is 2.33. The lowest BCUT2D eigenvalue weighted by Crippen LogP contribution is -2.39. The van der Waals surface area contributed by atoms with Gasteiger partial charge in [-0.3, -0.25) is 19.5 Å². The number of thiazole rings is 1. The van der Waals surface area contributed by atoms with Crippen molar-refractivity contribution >= 4 is 63.3 Å². The van der Waals surface area contributed by atoms with E-state index < -0.39 is 16.9 Å². The van der Waals surface area contributed by atoms with Crippen LogP contribution in [0.1, 0.15) is 42.1 Å². The molecular formula is C31H25ClIN3O6S. The molecule has 1 aliphatic heterocycles. The van der Waals surface area contributed by atoms with Gasteiger partial charge in [0, 0.05) is 22.7 Å². The first-order valence-electron chi connectivity index (χ1n) is 13.2. The van der Waals surface area contributed by atoms with E-state index in [1.165, 1.54) is 28.0 Å². The Balaban J connectivity index is 1.60. The van der Waals surface area contributed by atoms with Crippen LogP contribution in [0.3, 0.4) is 0 Å². The zero-order valence-corrected chi connectivity index (χ0v) is 27.0. The van der Waals surface area contributed by atoms with Crippen LogP contribution in [0, 0.1) is 20.6 Å². The molecule has 0 saturated carbocycles. The van der Waals surface area contributed by atoms with E-state index in [1.807, 2.05) is 31.2 Å². The lowest BCUT2D eigenvalue weighted by atomic mass is 9.95. The molecule has 9 nitrogen and oxygen atoms in total. The average molecular weight is 730 g/mol. The van der Waals surface area contributed by atoms with Gasteiger partial charge >= 0.3 is 5.97 Å². The minimum atomic E-state index is -0.713. The number of hydrogen-bond acceptors (Lipinski definition) is 8. The van der Waals surface area contributed by atoms with E-state index in [1.54, 1.807) is 44.2 Å². The normalized spacial score (nSPS) is 14.7. The molecule has 0 radical (unpaired) electrons. The van der Waals surface area contributed by atoms with Crippen molar-refractivity contribution in [2.75, 3.05) is 6.61 Å². The Bertz CT molecular complexity index is 1950. The average Bonchev–Trinajstić information content (AvgIpc) is 3.26. The minimum Gasteiger partial charge on any atom is -0.487 e. The topological polar surface area (TPSA) is 113 Å². The van der Waals surface area contributed by atoms with Crippen LogP contribution in [0.2, 0.25) is 5.02 Å². The second-order valence-electron chi connectivity index (χ2n) is 9.73. The van der Waals surface area contributed by atoms with E-state index in [0.29, 0.717) is 36.9 Å². The maximum Gasteiger partial charge on any atom is 0.338 e. The molecule has 220 valence electrons. The molecule has 4 aromatic rings. The number of ether oxygens (including phenoxy) is 2. The number of rotatable bonds is 8. The molecule has 1 atom stereocenters. The van der Waals surface area contributed by atoms with Crippen LogP contribution in [-0.4, -0.2) is 22.1 Å². The number of benzene rings is 3. The first-order chi connectivity index (χ1) is 20.6. The molecule has 0 saturated heterocycles. The summed E-state index contributed by atoms with van der Waals surface area (Å²) in [6.45, 7) is 5.78. The fourth-order valence-electron chi connectivity index (χ4n) is 4.71. The maximum atomic E-state index is 14.0. The molecule has 0 spiro atoms. The second kappa shape index (κ2) is 12.8. The van der Waals surface area contributed by atoms with Crippen molar-refractivity contribution in [1.82, 2.24) is 4.57 Å².